The lowest BCUT2D eigenvalue weighted by molar-refractivity contribution is 0.596. The molecule has 0 bridgehead atoms. The molecule has 0 amide bonds. The predicted octanol–water partition coefficient (Wildman–Crippen LogP) is 2.98. The van der Waals surface area contributed by atoms with E-state index in [9.17, 15) is 8.42 Å². The smallest absolute Gasteiger partial charge is 0.206 e. The maximum Gasteiger partial charge on any atom is 0.206 e. The molecular formula is C15H15NO2S. The van der Waals surface area contributed by atoms with Crippen LogP contribution in [0.15, 0.2) is 58.3 Å². The molecular weight excluding hydrogens is 258 g/mol. The summed E-state index contributed by atoms with van der Waals surface area (Å²) >= 11 is 0. The van der Waals surface area contributed by atoms with Crippen molar-refractivity contribution in [2.75, 3.05) is 5.73 Å². The first kappa shape index (κ1) is 12.2. The van der Waals surface area contributed by atoms with Crippen LogP contribution in [0.1, 0.15) is 24.3 Å². The summed E-state index contributed by atoms with van der Waals surface area (Å²) < 4.78 is 24.8. The number of nitrogens with two attached hydrogens (primary N) is 1. The highest BCUT2D eigenvalue weighted by atomic mass is 32.2. The summed E-state index contributed by atoms with van der Waals surface area (Å²) in [5.74, 6) is 0.633. The number of anilines is 1. The largest absolute Gasteiger partial charge is 0.399 e. The lowest BCUT2D eigenvalue weighted by Crippen LogP contribution is -2.02. The average molecular weight is 273 g/mol. The predicted molar refractivity (Wildman–Crippen MR) is 74.7 cm³/mol. The quantitative estimate of drug-likeness (QED) is 0.875. The van der Waals surface area contributed by atoms with E-state index < -0.39 is 9.84 Å². The number of nitrogen functional groups attached to an aromatic ring is 1. The maximum atomic E-state index is 12.4. The molecule has 0 aliphatic heterocycles. The molecule has 3 nitrogen and oxygen atoms in total. The highest BCUT2D eigenvalue weighted by molar-refractivity contribution is 7.91. The second kappa shape index (κ2) is 4.38. The van der Waals surface area contributed by atoms with Gasteiger partial charge in [0.2, 0.25) is 9.84 Å². The van der Waals surface area contributed by atoms with Crippen LogP contribution in [-0.2, 0) is 9.84 Å². The van der Waals surface area contributed by atoms with Gasteiger partial charge in [0.05, 0.1) is 9.79 Å². The first-order valence-corrected chi connectivity index (χ1v) is 7.76. The van der Waals surface area contributed by atoms with E-state index in [0.717, 1.165) is 0 Å². The third kappa shape index (κ3) is 2.36. The van der Waals surface area contributed by atoms with Gasteiger partial charge in [0.15, 0.2) is 0 Å². The lowest BCUT2D eigenvalue weighted by Gasteiger charge is -2.06. The van der Waals surface area contributed by atoms with Crippen molar-refractivity contribution in [1.29, 1.82) is 0 Å². The molecule has 0 saturated heterocycles. The Hall–Kier alpha value is -1.81. The fraction of sp³-hybridized carbons (Fsp3) is 0.200. The number of benzene rings is 2. The Kier molecular flexibility index (Phi) is 2.82. The summed E-state index contributed by atoms with van der Waals surface area (Å²) in [6, 6.07) is 13.5. The van der Waals surface area contributed by atoms with E-state index >= 15 is 0 Å². The van der Waals surface area contributed by atoms with Crippen LogP contribution in [0.5, 0.6) is 0 Å². The van der Waals surface area contributed by atoms with Crippen LogP contribution in [0.2, 0.25) is 0 Å². The second-order valence-electron chi connectivity index (χ2n) is 4.92. The van der Waals surface area contributed by atoms with E-state index in [0.29, 0.717) is 16.5 Å². The Bertz CT molecular complexity index is 684. The van der Waals surface area contributed by atoms with Crippen molar-refractivity contribution in [3.05, 3.63) is 54.1 Å². The van der Waals surface area contributed by atoms with Crippen LogP contribution >= 0.6 is 0 Å². The Morgan fingerprint density at radius 1 is 0.842 bits per heavy atom. The van der Waals surface area contributed by atoms with E-state index in [-0.39, 0.29) is 4.90 Å². The SMILES string of the molecule is Nc1ccc(S(=O)(=O)c2ccc(C3CC3)cc2)cc1. The van der Waals surface area contributed by atoms with Crippen LogP contribution in [0.4, 0.5) is 5.69 Å². The maximum absolute atomic E-state index is 12.4. The Morgan fingerprint density at radius 3 is 1.79 bits per heavy atom. The molecule has 3 rings (SSSR count). The van der Waals surface area contributed by atoms with Gasteiger partial charge in [-0.15, -0.1) is 0 Å². The van der Waals surface area contributed by atoms with Crippen LogP contribution in [0.25, 0.3) is 0 Å². The van der Waals surface area contributed by atoms with E-state index in [1.165, 1.54) is 18.4 Å². The zero-order chi connectivity index (χ0) is 13.5. The summed E-state index contributed by atoms with van der Waals surface area (Å²) in [5, 5.41) is 0. The highest BCUT2D eigenvalue weighted by Crippen LogP contribution is 2.40. The Labute approximate surface area is 113 Å². The van der Waals surface area contributed by atoms with Gasteiger partial charge in [-0.3, -0.25) is 0 Å². The minimum atomic E-state index is -3.43. The summed E-state index contributed by atoms with van der Waals surface area (Å²) in [7, 11) is -3.43. The molecule has 2 N–H and O–H groups in total. The first-order valence-electron chi connectivity index (χ1n) is 6.28. The summed E-state index contributed by atoms with van der Waals surface area (Å²) in [6.07, 6.45) is 2.42. The average Bonchev–Trinajstić information content (AvgIpc) is 3.24. The van der Waals surface area contributed by atoms with Crippen LogP contribution in [0, 0.1) is 0 Å². The fourth-order valence-electron chi connectivity index (χ4n) is 2.12. The van der Waals surface area contributed by atoms with E-state index in [2.05, 4.69) is 0 Å². The molecule has 1 aliphatic carbocycles. The van der Waals surface area contributed by atoms with Gasteiger partial charge in [0.1, 0.15) is 0 Å². The molecule has 1 saturated carbocycles. The number of sulfone groups is 1. The topological polar surface area (TPSA) is 60.2 Å². The molecule has 2 aromatic rings. The zero-order valence-corrected chi connectivity index (χ0v) is 11.2. The molecule has 1 aliphatic rings. The van der Waals surface area contributed by atoms with Crippen LogP contribution in [0.3, 0.4) is 0 Å². The van der Waals surface area contributed by atoms with Crippen molar-refractivity contribution in [2.45, 2.75) is 28.6 Å². The fourth-order valence-corrected chi connectivity index (χ4v) is 3.38. The van der Waals surface area contributed by atoms with Crippen LogP contribution < -0.4 is 5.73 Å². The normalized spacial score (nSPS) is 15.4. The van der Waals surface area contributed by atoms with Crippen molar-refractivity contribution in [3.63, 3.8) is 0 Å². The molecule has 0 aromatic heterocycles. The minimum Gasteiger partial charge on any atom is -0.399 e. The summed E-state index contributed by atoms with van der Waals surface area (Å²) in [4.78, 5) is 0.613. The molecule has 0 heterocycles. The van der Waals surface area contributed by atoms with E-state index in [4.69, 9.17) is 5.73 Å². The van der Waals surface area contributed by atoms with Gasteiger partial charge in [-0.2, -0.15) is 0 Å². The van der Waals surface area contributed by atoms with Crippen molar-refractivity contribution >= 4 is 15.5 Å². The third-order valence-electron chi connectivity index (χ3n) is 3.43. The first-order chi connectivity index (χ1) is 9.07. The summed E-state index contributed by atoms with van der Waals surface area (Å²) in [5.41, 5.74) is 7.36. The standard InChI is InChI=1S/C15H15NO2S/c16-13-5-9-15(10-6-13)19(17,18)14-7-3-12(4-8-14)11-1-2-11/h3-11H,1-2,16H2. The molecule has 2 aromatic carbocycles. The Balaban J connectivity index is 1.96. The molecule has 1 fully saturated rings. The van der Waals surface area contributed by atoms with Crippen molar-refractivity contribution in [1.82, 2.24) is 0 Å². The molecule has 98 valence electrons. The van der Waals surface area contributed by atoms with E-state index in [1.54, 1.807) is 36.4 Å². The van der Waals surface area contributed by atoms with Gasteiger partial charge >= 0.3 is 0 Å². The van der Waals surface area contributed by atoms with Gasteiger partial charge in [0, 0.05) is 5.69 Å². The van der Waals surface area contributed by atoms with Gasteiger partial charge in [-0.1, -0.05) is 12.1 Å². The monoisotopic (exact) mass is 273 g/mol. The zero-order valence-electron chi connectivity index (χ0n) is 10.4. The second-order valence-corrected chi connectivity index (χ2v) is 6.87. The number of hydrogen-bond acceptors (Lipinski definition) is 3. The van der Waals surface area contributed by atoms with Gasteiger partial charge < -0.3 is 5.73 Å². The molecule has 0 spiro atoms. The van der Waals surface area contributed by atoms with Crippen molar-refractivity contribution in [2.24, 2.45) is 0 Å². The summed E-state index contributed by atoms with van der Waals surface area (Å²) in [6.45, 7) is 0. The molecule has 19 heavy (non-hydrogen) atoms. The van der Waals surface area contributed by atoms with Gasteiger partial charge in [0.25, 0.3) is 0 Å². The molecule has 0 unspecified atom stereocenters. The third-order valence-corrected chi connectivity index (χ3v) is 5.22. The Morgan fingerprint density at radius 2 is 1.32 bits per heavy atom. The van der Waals surface area contributed by atoms with E-state index in [1.807, 2.05) is 12.1 Å². The number of hydrogen-bond donors (Lipinski definition) is 1. The molecule has 0 radical (unpaired) electrons. The molecule has 0 atom stereocenters. The van der Waals surface area contributed by atoms with Gasteiger partial charge in [-0.25, -0.2) is 8.42 Å². The lowest BCUT2D eigenvalue weighted by atomic mass is 10.1. The van der Waals surface area contributed by atoms with Gasteiger partial charge in [-0.05, 0) is 60.7 Å². The van der Waals surface area contributed by atoms with Crippen molar-refractivity contribution < 1.29 is 8.42 Å². The number of rotatable bonds is 3. The molecule has 4 heteroatoms. The van der Waals surface area contributed by atoms with Crippen LogP contribution in [-0.4, -0.2) is 8.42 Å². The van der Waals surface area contributed by atoms with Crippen molar-refractivity contribution in [3.8, 4) is 0 Å². The highest BCUT2D eigenvalue weighted by Gasteiger charge is 2.24. The minimum absolute atomic E-state index is 0.279.